The molecule has 4 rings (SSSR count). The van der Waals surface area contributed by atoms with Crippen LogP contribution in [-0.2, 0) is 0 Å². The van der Waals surface area contributed by atoms with Crippen molar-refractivity contribution in [3.05, 3.63) is 64.4 Å². The second-order valence-electron chi connectivity index (χ2n) is 6.10. The molecule has 0 saturated carbocycles. The van der Waals surface area contributed by atoms with Crippen molar-refractivity contribution in [1.82, 2.24) is 14.8 Å². The average molecular weight is 374 g/mol. The number of methoxy groups -OCH3 is 1. The Hall–Kier alpha value is -2.80. The fourth-order valence-corrected chi connectivity index (χ4v) is 3.63. The normalized spacial score (nSPS) is 18.9. The largest absolute Gasteiger partial charge is 0.497 e. The first-order valence-electron chi connectivity index (χ1n) is 8.13. The second kappa shape index (κ2) is 6.49. The highest BCUT2D eigenvalue weighted by Crippen LogP contribution is 2.41. The molecule has 0 amide bonds. The highest BCUT2D eigenvalue weighted by atomic mass is 35.5. The molecule has 1 aliphatic heterocycles. The van der Waals surface area contributed by atoms with Gasteiger partial charge in [0, 0.05) is 10.6 Å². The van der Waals surface area contributed by atoms with Gasteiger partial charge < -0.3 is 15.8 Å². The van der Waals surface area contributed by atoms with Gasteiger partial charge in [0.05, 0.1) is 19.2 Å². The molecular weight excluding hydrogens is 357 g/mol. The van der Waals surface area contributed by atoms with Crippen LogP contribution in [0.4, 0.5) is 16.3 Å². The van der Waals surface area contributed by atoms with E-state index in [2.05, 4.69) is 15.4 Å². The maximum atomic E-state index is 14.6. The van der Waals surface area contributed by atoms with E-state index < -0.39 is 6.04 Å². The van der Waals surface area contributed by atoms with Gasteiger partial charge in [0.2, 0.25) is 11.9 Å². The molecule has 8 heteroatoms. The zero-order valence-corrected chi connectivity index (χ0v) is 14.7. The number of nitrogens with zero attached hydrogens (tertiary/aromatic N) is 3. The van der Waals surface area contributed by atoms with E-state index in [1.165, 1.54) is 6.07 Å². The van der Waals surface area contributed by atoms with Gasteiger partial charge in [-0.1, -0.05) is 29.8 Å². The number of hydrogen-bond acceptors (Lipinski definition) is 5. The van der Waals surface area contributed by atoms with Gasteiger partial charge in [0.25, 0.3) is 0 Å². The molecule has 26 heavy (non-hydrogen) atoms. The van der Waals surface area contributed by atoms with E-state index in [4.69, 9.17) is 22.1 Å². The van der Waals surface area contributed by atoms with Crippen molar-refractivity contribution >= 4 is 23.5 Å². The van der Waals surface area contributed by atoms with Crippen molar-refractivity contribution in [2.75, 3.05) is 18.2 Å². The molecule has 0 bridgehead atoms. The van der Waals surface area contributed by atoms with E-state index in [1.54, 1.807) is 23.9 Å². The van der Waals surface area contributed by atoms with Gasteiger partial charge in [-0.2, -0.15) is 4.98 Å². The Labute approximate surface area is 154 Å². The summed E-state index contributed by atoms with van der Waals surface area (Å²) in [5, 5.41) is 7.88. The third-order valence-corrected chi connectivity index (χ3v) is 4.86. The van der Waals surface area contributed by atoms with Crippen LogP contribution in [0.2, 0.25) is 5.02 Å². The van der Waals surface area contributed by atoms with Crippen molar-refractivity contribution in [3.63, 3.8) is 0 Å². The molecule has 1 aromatic heterocycles. The predicted molar refractivity (Wildman–Crippen MR) is 98.0 cm³/mol. The fraction of sp³-hybridized carbons (Fsp3) is 0.222. The number of hydrogen-bond donors (Lipinski definition) is 2. The zero-order chi connectivity index (χ0) is 18.3. The molecule has 0 aliphatic carbocycles. The van der Waals surface area contributed by atoms with E-state index in [0.717, 1.165) is 11.3 Å². The lowest BCUT2D eigenvalue weighted by Gasteiger charge is -2.32. The maximum Gasteiger partial charge on any atom is 0.241 e. The summed E-state index contributed by atoms with van der Waals surface area (Å²) in [6.07, 6.45) is 0.531. The molecular formula is C18H17ClFN5O. The molecule has 0 unspecified atom stereocenters. The number of fused-ring (bicyclic) bond motifs is 1. The van der Waals surface area contributed by atoms with Gasteiger partial charge >= 0.3 is 0 Å². The topological polar surface area (TPSA) is 78.0 Å². The predicted octanol–water partition coefficient (Wildman–Crippen LogP) is 3.81. The minimum absolute atomic E-state index is 0.122. The summed E-state index contributed by atoms with van der Waals surface area (Å²) >= 11 is 6.30. The number of halogens is 2. The number of nitrogen functional groups attached to an aromatic ring is 1. The minimum atomic E-state index is -0.430. The highest BCUT2D eigenvalue weighted by Gasteiger charge is 2.33. The molecule has 2 atom stereocenters. The molecule has 0 saturated heterocycles. The quantitative estimate of drug-likeness (QED) is 0.730. The SMILES string of the molecule is COc1cccc([C@H]2C[C@H](c3c(F)cccc3Cl)n3nc(N)nc3N2)c1. The van der Waals surface area contributed by atoms with Gasteiger partial charge in [-0.25, -0.2) is 9.07 Å². The number of rotatable bonds is 3. The van der Waals surface area contributed by atoms with E-state index >= 15 is 0 Å². The Balaban J connectivity index is 1.80. The lowest BCUT2D eigenvalue weighted by atomic mass is 9.93. The molecule has 2 heterocycles. The minimum Gasteiger partial charge on any atom is -0.497 e. The highest BCUT2D eigenvalue weighted by molar-refractivity contribution is 6.31. The van der Waals surface area contributed by atoms with Crippen LogP contribution in [0.1, 0.15) is 29.6 Å². The molecule has 3 aromatic rings. The Morgan fingerprint density at radius 3 is 2.88 bits per heavy atom. The van der Waals surface area contributed by atoms with Crippen molar-refractivity contribution in [3.8, 4) is 5.75 Å². The second-order valence-corrected chi connectivity index (χ2v) is 6.51. The number of benzene rings is 2. The first kappa shape index (κ1) is 16.7. The Kier molecular flexibility index (Phi) is 4.16. The third kappa shape index (κ3) is 2.84. The number of aromatic nitrogens is 3. The van der Waals surface area contributed by atoms with Crippen LogP contribution in [0.25, 0.3) is 0 Å². The summed E-state index contributed by atoms with van der Waals surface area (Å²) in [7, 11) is 1.62. The summed E-state index contributed by atoms with van der Waals surface area (Å²) < 4.78 is 21.5. The van der Waals surface area contributed by atoms with Gasteiger partial charge in [-0.3, -0.25) is 0 Å². The van der Waals surface area contributed by atoms with Crippen LogP contribution in [0.15, 0.2) is 42.5 Å². The molecule has 2 aromatic carbocycles. The van der Waals surface area contributed by atoms with Crippen LogP contribution >= 0.6 is 11.6 Å². The number of nitrogens with two attached hydrogens (primary N) is 1. The smallest absolute Gasteiger partial charge is 0.241 e. The van der Waals surface area contributed by atoms with Crippen LogP contribution < -0.4 is 15.8 Å². The molecule has 6 nitrogen and oxygen atoms in total. The van der Waals surface area contributed by atoms with Gasteiger partial charge in [-0.05, 0) is 36.2 Å². The van der Waals surface area contributed by atoms with Crippen LogP contribution in [-0.4, -0.2) is 21.9 Å². The number of ether oxygens (including phenoxy) is 1. The molecule has 134 valence electrons. The Bertz CT molecular complexity index is 940. The van der Waals surface area contributed by atoms with Crippen LogP contribution in [0.5, 0.6) is 5.75 Å². The van der Waals surface area contributed by atoms with Gasteiger partial charge in [0.1, 0.15) is 11.6 Å². The lowest BCUT2D eigenvalue weighted by molar-refractivity contribution is 0.406. The lowest BCUT2D eigenvalue weighted by Crippen LogP contribution is -2.28. The zero-order valence-electron chi connectivity index (χ0n) is 14.0. The van der Waals surface area contributed by atoms with E-state index in [0.29, 0.717) is 23.0 Å². The Morgan fingerprint density at radius 1 is 1.31 bits per heavy atom. The van der Waals surface area contributed by atoms with Crippen molar-refractivity contribution in [2.24, 2.45) is 0 Å². The van der Waals surface area contributed by atoms with E-state index in [-0.39, 0.29) is 17.8 Å². The number of nitrogens with one attached hydrogen (secondary N) is 1. The standard InChI is InChI=1S/C18H17ClFN5O/c1-26-11-5-2-4-10(8-11)14-9-15(16-12(19)6-3-7-13(16)20)25-18(22-14)23-17(21)24-25/h2-8,14-15H,9H2,1H3,(H3,21,22,23,24)/t14-,15-/m1/s1. The summed E-state index contributed by atoms with van der Waals surface area (Å²) in [6.45, 7) is 0. The first-order chi connectivity index (χ1) is 12.6. The van der Waals surface area contributed by atoms with Gasteiger partial charge in [-0.15, -0.1) is 5.10 Å². The van der Waals surface area contributed by atoms with Gasteiger partial charge in [0.15, 0.2) is 0 Å². The summed E-state index contributed by atoms with van der Waals surface area (Å²) in [5.74, 6) is 0.965. The van der Waals surface area contributed by atoms with Crippen LogP contribution in [0.3, 0.4) is 0 Å². The molecule has 0 fully saturated rings. The van der Waals surface area contributed by atoms with E-state index in [1.807, 2.05) is 24.3 Å². The summed E-state index contributed by atoms with van der Waals surface area (Å²) in [4.78, 5) is 4.23. The Morgan fingerprint density at radius 2 is 2.12 bits per heavy atom. The van der Waals surface area contributed by atoms with Crippen molar-refractivity contribution < 1.29 is 9.13 Å². The summed E-state index contributed by atoms with van der Waals surface area (Å²) in [6, 6.07) is 11.8. The monoisotopic (exact) mass is 373 g/mol. The first-order valence-corrected chi connectivity index (χ1v) is 8.51. The van der Waals surface area contributed by atoms with Crippen molar-refractivity contribution in [2.45, 2.75) is 18.5 Å². The van der Waals surface area contributed by atoms with E-state index in [9.17, 15) is 4.39 Å². The average Bonchev–Trinajstić information content (AvgIpc) is 3.01. The third-order valence-electron chi connectivity index (χ3n) is 4.53. The van der Waals surface area contributed by atoms with Crippen molar-refractivity contribution in [1.29, 1.82) is 0 Å². The molecule has 1 aliphatic rings. The molecule has 0 spiro atoms. The number of anilines is 2. The van der Waals surface area contributed by atoms with Crippen LogP contribution in [0, 0.1) is 5.82 Å². The fourth-order valence-electron chi connectivity index (χ4n) is 3.34. The molecule has 3 N–H and O–H groups in total. The maximum absolute atomic E-state index is 14.6. The molecule has 0 radical (unpaired) electrons. The summed E-state index contributed by atoms with van der Waals surface area (Å²) in [5.41, 5.74) is 7.15.